The van der Waals surface area contributed by atoms with Crippen LogP contribution in [0, 0.1) is 0 Å². The number of hydrogen-bond donors (Lipinski definition) is 2. The highest BCUT2D eigenvalue weighted by Crippen LogP contribution is 2.09. The standard InChI is InChI=1S/C12H23N3O/c1-9(5-6-15(3)4)14-12(16)10(2)11-7-13-8-11/h9,13H,5-8H2,1-4H3,(H,14,16). The topological polar surface area (TPSA) is 44.4 Å². The number of carbonyl (C=O) groups excluding carboxylic acids is 1. The second-order valence-electron chi connectivity index (χ2n) is 4.80. The van der Waals surface area contributed by atoms with Gasteiger partial charge in [-0.1, -0.05) is 0 Å². The molecule has 2 N–H and O–H groups in total. The number of hydrogen-bond acceptors (Lipinski definition) is 3. The Bertz CT molecular complexity index is 278. The molecular formula is C12H23N3O. The molecule has 0 radical (unpaired) electrons. The highest BCUT2D eigenvalue weighted by molar-refractivity contribution is 5.94. The predicted octanol–water partition coefficient (Wildman–Crippen LogP) is 0.363. The van der Waals surface area contributed by atoms with Crippen LogP contribution in [0.15, 0.2) is 11.1 Å². The maximum atomic E-state index is 11.8. The second-order valence-corrected chi connectivity index (χ2v) is 4.80. The van der Waals surface area contributed by atoms with Gasteiger partial charge < -0.3 is 15.5 Å². The monoisotopic (exact) mass is 225 g/mol. The first-order valence-corrected chi connectivity index (χ1v) is 5.85. The molecule has 1 fully saturated rings. The lowest BCUT2D eigenvalue weighted by atomic mass is 10.0. The summed E-state index contributed by atoms with van der Waals surface area (Å²) in [6, 6.07) is 0.235. The molecule has 1 heterocycles. The summed E-state index contributed by atoms with van der Waals surface area (Å²) < 4.78 is 0. The molecule has 1 aliphatic rings. The molecule has 0 aromatic heterocycles. The van der Waals surface area contributed by atoms with E-state index in [2.05, 4.69) is 22.5 Å². The molecular weight excluding hydrogens is 202 g/mol. The van der Waals surface area contributed by atoms with Crippen LogP contribution in [0.2, 0.25) is 0 Å². The third kappa shape index (κ3) is 3.94. The molecule has 0 bridgehead atoms. The van der Waals surface area contributed by atoms with Crippen LogP contribution in [0.3, 0.4) is 0 Å². The number of nitrogens with zero attached hydrogens (tertiary/aromatic N) is 1. The summed E-state index contributed by atoms with van der Waals surface area (Å²) in [6.45, 7) is 6.69. The van der Waals surface area contributed by atoms with Gasteiger partial charge in [0.1, 0.15) is 0 Å². The summed E-state index contributed by atoms with van der Waals surface area (Å²) in [4.78, 5) is 14.0. The van der Waals surface area contributed by atoms with Gasteiger partial charge in [-0.05, 0) is 46.5 Å². The van der Waals surface area contributed by atoms with Crippen LogP contribution in [-0.4, -0.2) is 50.6 Å². The summed E-state index contributed by atoms with van der Waals surface area (Å²) in [5.74, 6) is 0.0859. The van der Waals surface area contributed by atoms with Gasteiger partial charge in [0, 0.05) is 24.7 Å². The third-order valence-corrected chi connectivity index (χ3v) is 2.93. The maximum Gasteiger partial charge on any atom is 0.247 e. The van der Waals surface area contributed by atoms with Gasteiger partial charge in [-0.3, -0.25) is 4.79 Å². The van der Waals surface area contributed by atoms with Crippen LogP contribution in [0.1, 0.15) is 20.3 Å². The lowest BCUT2D eigenvalue weighted by molar-refractivity contribution is -0.118. The van der Waals surface area contributed by atoms with Crippen molar-refractivity contribution in [2.45, 2.75) is 26.3 Å². The molecule has 16 heavy (non-hydrogen) atoms. The van der Waals surface area contributed by atoms with E-state index in [0.29, 0.717) is 0 Å². The molecule has 0 saturated carbocycles. The number of rotatable bonds is 5. The highest BCUT2D eigenvalue weighted by atomic mass is 16.1. The van der Waals surface area contributed by atoms with E-state index in [1.807, 2.05) is 21.0 Å². The molecule has 4 nitrogen and oxygen atoms in total. The Balaban J connectivity index is 2.33. The van der Waals surface area contributed by atoms with Gasteiger partial charge in [0.2, 0.25) is 5.91 Å². The van der Waals surface area contributed by atoms with Crippen LogP contribution >= 0.6 is 0 Å². The van der Waals surface area contributed by atoms with E-state index < -0.39 is 0 Å². The second kappa shape index (κ2) is 6.01. The van der Waals surface area contributed by atoms with Gasteiger partial charge in [0.05, 0.1) is 0 Å². The van der Waals surface area contributed by atoms with Gasteiger partial charge >= 0.3 is 0 Å². The normalized spacial score (nSPS) is 16.9. The lowest BCUT2D eigenvalue weighted by Crippen LogP contribution is -2.40. The summed E-state index contributed by atoms with van der Waals surface area (Å²) in [5.41, 5.74) is 2.12. The van der Waals surface area contributed by atoms with Gasteiger partial charge in [-0.25, -0.2) is 0 Å². The minimum atomic E-state index is 0.0859. The molecule has 0 spiro atoms. The van der Waals surface area contributed by atoms with E-state index in [-0.39, 0.29) is 11.9 Å². The fourth-order valence-electron chi connectivity index (χ4n) is 1.53. The SMILES string of the molecule is CC(C(=O)NC(C)CCN(C)C)=C1CNC1. The van der Waals surface area contributed by atoms with E-state index in [1.54, 1.807) is 0 Å². The van der Waals surface area contributed by atoms with Crippen molar-refractivity contribution >= 4 is 5.91 Å². The molecule has 1 rings (SSSR count). The zero-order valence-electron chi connectivity index (χ0n) is 10.8. The smallest absolute Gasteiger partial charge is 0.247 e. The third-order valence-electron chi connectivity index (χ3n) is 2.93. The lowest BCUT2D eigenvalue weighted by Gasteiger charge is -2.23. The van der Waals surface area contributed by atoms with Crippen LogP contribution in [0.5, 0.6) is 0 Å². The minimum absolute atomic E-state index is 0.0859. The molecule has 1 atom stereocenters. The number of carbonyl (C=O) groups is 1. The van der Waals surface area contributed by atoms with Crippen LogP contribution in [-0.2, 0) is 4.79 Å². The van der Waals surface area contributed by atoms with Gasteiger partial charge in [0.15, 0.2) is 0 Å². The van der Waals surface area contributed by atoms with E-state index in [4.69, 9.17) is 0 Å². The van der Waals surface area contributed by atoms with Crippen molar-refractivity contribution < 1.29 is 4.79 Å². The van der Waals surface area contributed by atoms with Crippen LogP contribution in [0.4, 0.5) is 0 Å². The van der Waals surface area contributed by atoms with Gasteiger partial charge in [-0.2, -0.15) is 0 Å². The summed E-state index contributed by atoms with van der Waals surface area (Å²) >= 11 is 0. The minimum Gasteiger partial charge on any atom is -0.350 e. The maximum absolute atomic E-state index is 11.8. The van der Waals surface area contributed by atoms with E-state index in [1.165, 1.54) is 5.57 Å². The molecule has 1 aliphatic heterocycles. The zero-order chi connectivity index (χ0) is 12.1. The average molecular weight is 225 g/mol. The largest absolute Gasteiger partial charge is 0.350 e. The Labute approximate surface area is 98.1 Å². The summed E-state index contributed by atoms with van der Waals surface area (Å²) in [5, 5.41) is 6.18. The van der Waals surface area contributed by atoms with Crippen molar-refractivity contribution in [3.05, 3.63) is 11.1 Å². The molecule has 1 amide bonds. The molecule has 4 heteroatoms. The van der Waals surface area contributed by atoms with Crippen molar-refractivity contribution in [1.82, 2.24) is 15.5 Å². The van der Waals surface area contributed by atoms with E-state index >= 15 is 0 Å². The van der Waals surface area contributed by atoms with Crippen molar-refractivity contribution in [3.63, 3.8) is 0 Å². The molecule has 0 aromatic carbocycles. The Hall–Kier alpha value is -0.870. The van der Waals surface area contributed by atoms with Crippen molar-refractivity contribution in [2.24, 2.45) is 0 Å². The van der Waals surface area contributed by atoms with Gasteiger partial charge in [0.25, 0.3) is 0 Å². The molecule has 0 aromatic rings. The quantitative estimate of drug-likeness (QED) is 0.664. The highest BCUT2D eigenvalue weighted by Gasteiger charge is 2.17. The first-order chi connectivity index (χ1) is 7.50. The summed E-state index contributed by atoms with van der Waals surface area (Å²) in [7, 11) is 4.09. The average Bonchev–Trinajstić information content (AvgIpc) is 2.11. The Morgan fingerprint density at radius 1 is 1.50 bits per heavy atom. The number of nitrogens with one attached hydrogen (secondary N) is 2. The Morgan fingerprint density at radius 2 is 2.12 bits per heavy atom. The van der Waals surface area contributed by atoms with E-state index in [0.717, 1.165) is 31.6 Å². The van der Waals surface area contributed by atoms with Crippen molar-refractivity contribution in [1.29, 1.82) is 0 Å². The number of amides is 1. The van der Waals surface area contributed by atoms with E-state index in [9.17, 15) is 4.79 Å². The molecule has 1 saturated heterocycles. The fraction of sp³-hybridized carbons (Fsp3) is 0.750. The first-order valence-electron chi connectivity index (χ1n) is 5.85. The molecule has 1 unspecified atom stereocenters. The van der Waals surface area contributed by atoms with Gasteiger partial charge in [-0.15, -0.1) is 0 Å². The Morgan fingerprint density at radius 3 is 2.56 bits per heavy atom. The molecule has 0 aliphatic carbocycles. The Kier molecular flexibility index (Phi) is 4.96. The summed E-state index contributed by atoms with van der Waals surface area (Å²) in [6.07, 6.45) is 0.986. The van der Waals surface area contributed by atoms with Crippen LogP contribution in [0.25, 0.3) is 0 Å². The predicted molar refractivity (Wildman–Crippen MR) is 66.3 cm³/mol. The van der Waals surface area contributed by atoms with Crippen molar-refractivity contribution in [3.8, 4) is 0 Å². The first kappa shape index (κ1) is 13.2. The molecule has 92 valence electrons. The van der Waals surface area contributed by atoms with Crippen LogP contribution < -0.4 is 10.6 Å². The van der Waals surface area contributed by atoms with Crippen molar-refractivity contribution in [2.75, 3.05) is 33.7 Å². The zero-order valence-corrected chi connectivity index (χ0v) is 10.8. The fourth-order valence-corrected chi connectivity index (χ4v) is 1.53.